The van der Waals surface area contributed by atoms with Gasteiger partial charge < -0.3 is 0 Å². The molecule has 0 aliphatic heterocycles. The maximum Gasteiger partial charge on any atom is 0.225 e. The Hall–Kier alpha value is 0.800. The lowest BCUT2D eigenvalue weighted by Crippen LogP contribution is -2.14. The summed E-state index contributed by atoms with van der Waals surface area (Å²) in [5, 5.41) is 9.86. The molecule has 0 aromatic heterocycles. The van der Waals surface area contributed by atoms with Gasteiger partial charge in [-0.25, -0.2) is 5.11 Å². The van der Waals surface area contributed by atoms with Gasteiger partial charge in [0.05, 0.1) is 36.4 Å². The fraction of sp³-hybridized carbons (Fsp3) is 1.00. The van der Waals surface area contributed by atoms with Crippen molar-refractivity contribution in [2.24, 2.45) is 0 Å². The minimum atomic E-state index is -2.14. The van der Waals surface area contributed by atoms with Gasteiger partial charge in [-0.15, -0.1) is 0 Å². The summed E-state index contributed by atoms with van der Waals surface area (Å²) in [5.41, 5.74) is 0. The molecule has 0 spiro atoms. The summed E-state index contributed by atoms with van der Waals surface area (Å²) in [6.07, 6.45) is 0. The Morgan fingerprint density at radius 2 is 1.44 bits per heavy atom. The molecule has 7 heteroatoms. The highest BCUT2D eigenvalue weighted by Crippen LogP contribution is 2.48. The Morgan fingerprint density at radius 1 is 1.11 bits per heavy atom. The Morgan fingerprint density at radius 3 is 1.44 bits per heavy atom. The van der Waals surface area contributed by atoms with E-state index in [0.29, 0.717) is 0 Å². The monoisotopic (exact) mass is 195 g/mol. The van der Waals surface area contributed by atoms with E-state index in [1.54, 1.807) is 0 Å². The summed E-state index contributed by atoms with van der Waals surface area (Å²) < 4.78 is 32.4. The predicted octanol–water partition coefficient (Wildman–Crippen LogP) is 2.92. The molecule has 0 aliphatic rings. The highest BCUT2D eigenvalue weighted by atomic mass is 32.3. The van der Waals surface area contributed by atoms with E-state index in [-0.39, 0.29) is 0 Å². The van der Waals surface area contributed by atoms with Gasteiger partial charge in [0, 0.05) is 0 Å². The van der Waals surface area contributed by atoms with Gasteiger partial charge in [0.25, 0.3) is 0 Å². The molecule has 0 unspecified atom stereocenters. The maximum atomic E-state index is 11.5. The number of hydrogen-bond acceptors (Lipinski definition) is 3. The van der Waals surface area contributed by atoms with Gasteiger partial charge in [0.2, 0.25) is 3.41 Å². The van der Waals surface area contributed by atoms with Gasteiger partial charge in [-0.2, -0.15) is 11.7 Å². The van der Waals surface area contributed by atoms with E-state index < -0.39 is 46.5 Å². The van der Waals surface area contributed by atoms with Gasteiger partial charge in [0.15, 0.2) is 0 Å². The highest BCUT2D eigenvalue weighted by molar-refractivity contribution is 8.29. The van der Waals surface area contributed by atoms with E-state index in [2.05, 4.69) is 0 Å². The first-order chi connectivity index (χ1) is 4.24. The van der Waals surface area contributed by atoms with Crippen molar-refractivity contribution in [2.45, 2.75) is 3.41 Å². The summed E-state index contributed by atoms with van der Waals surface area (Å²) in [5.74, 6) is 0. The van der Waals surface area contributed by atoms with Crippen LogP contribution in [-0.4, -0.2) is 10.0 Å². The van der Waals surface area contributed by atoms with Crippen LogP contribution in [-0.2, 0) is 5.11 Å². The molecule has 0 bridgehead atoms. The van der Waals surface area contributed by atoms with E-state index >= 15 is 0 Å². The van der Waals surface area contributed by atoms with E-state index in [1.807, 2.05) is 0 Å². The molecular formula is C2H2F3OS3. The molecule has 55 valence electrons. The molecule has 0 fully saturated rings. The van der Waals surface area contributed by atoms with Gasteiger partial charge >= 0.3 is 0 Å². The quantitative estimate of drug-likeness (QED) is 0.643. The number of rotatable bonds is 4. The zero-order valence-electron chi connectivity index (χ0n) is 3.97. The molecule has 0 atom stereocenters. The summed E-state index contributed by atoms with van der Waals surface area (Å²) in [4.78, 5) is 0. The molecular weight excluding hydrogens is 193 g/mol. The lowest BCUT2D eigenvalue weighted by atomic mass is 10.8. The third-order valence-corrected chi connectivity index (χ3v) is 2.72. The van der Waals surface area contributed by atoms with Crippen LogP contribution < -0.4 is 0 Å². The average molecular weight is 195 g/mol. The van der Waals surface area contributed by atoms with Crippen molar-refractivity contribution in [3.05, 3.63) is 0 Å². The second-order valence-corrected chi connectivity index (χ2v) is 4.39. The number of halogens is 3. The molecule has 0 aliphatic carbocycles. The van der Waals surface area contributed by atoms with Crippen molar-refractivity contribution in [3.63, 3.8) is 0 Å². The smallest absolute Gasteiger partial charge is 0.225 e. The van der Waals surface area contributed by atoms with Crippen molar-refractivity contribution in [1.29, 1.82) is 0 Å². The van der Waals surface area contributed by atoms with Crippen molar-refractivity contribution in [1.82, 2.24) is 0 Å². The van der Waals surface area contributed by atoms with E-state index in [0.717, 1.165) is 0 Å². The lowest BCUT2D eigenvalue weighted by molar-refractivity contribution is 0.202. The highest BCUT2D eigenvalue weighted by Gasteiger charge is 2.36. The van der Waals surface area contributed by atoms with Crippen LogP contribution in [0.2, 0.25) is 0 Å². The first kappa shape index (κ1) is 9.80. The van der Waals surface area contributed by atoms with Crippen molar-refractivity contribution >= 4 is 36.4 Å². The maximum absolute atomic E-state index is 11.5. The Labute approximate surface area is 63.7 Å². The molecule has 0 amide bonds. The normalized spacial score (nSPS) is 12.0. The fourth-order valence-corrected chi connectivity index (χ4v) is 0.522. The van der Waals surface area contributed by atoms with Crippen LogP contribution in [0.1, 0.15) is 0 Å². The molecule has 0 N–H and O–H groups in total. The van der Waals surface area contributed by atoms with Gasteiger partial charge in [-0.05, 0) is 0 Å². The SMILES string of the molecule is [O]CC(SF)(SF)SF. The third-order valence-electron chi connectivity index (χ3n) is 0.529. The average Bonchev–Trinajstić information content (AvgIpc) is 1.95. The van der Waals surface area contributed by atoms with Crippen LogP contribution in [0.25, 0.3) is 0 Å². The minimum Gasteiger partial charge on any atom is -0.233 e. The van der Waals surface area contributed by atoms with Crippen molar-refractivity contribution < 1.29 is 16.8 Å². The predicted molar refractivity (Wildman–Crippen MR) is 34.4 cm³/mol. The first-order valence-corrected chi connectivity index (χ1v) is 3.87. The molecule has 0 rings (SSSR count). The lowest BCUT2D eigenvalue weighted by Gasteiger charge is -2.12. The summed E-state index contributed by atoms with van der Waals surface area (Å²) in [7, 11) is 0. The number of hydrogen-bond donors (Lipinski definition) is 0. The molecule has 0 aromatic rings. The zero-order valence-corrected chi connectivity index (χ0v) is 6.42. The molecule has 0 saturated heterocycles. The van der Waals surface area contributed by atoms with Crippen LogP contribution >= 0.6 is 36.4 Å². The van der Waals surface area contributed by atoms with Crippen molar-refractivity contribution in [2.75, 3.05) is 6.61 Å². The van der Waals surface area contributed by atoms with E-state index in [9.17, 15) is 16.8 Å². The zero-order chi connectivity index (χ0) is 7.33. The Kier molecular flexibility index (Phi) is 5.00. The Balaban J connectivity index is 3.82. The second kappa shape index (κ2) is 4.59. The minimum absolute atomic E-state index is 0.619. The first-order valence-electron chi connectivity index (χ1n) is 1.72. The van der Waals surface area contributed by atoms with Crippen LogP contribution in [0.15, 0.2) is 0 Å². The summed E-state index contributed by atoms with van der Waals surface area (Å²) in [6, 6.07) is 0. The fourth-order valence-electron chi connectivity index (χ4n) is 0.103. The standard InChI is InChI=1S/C2H2F3OS3/c3-7-2(1-6,8-4)9-5/h1H2. The second-order valence-electron chi connectivity index (χ2n) is 1.06. The van der Waals surface area contributed by atoms with E-state index in [4.69, 9.17) is 0 Å². The molecule has 9 heavy (non-hydrogen) atoms. The van der Waals surface area contributed by atoms with Crippen LogP contribution in [0, 0.1) is 0 Å². The molecule has 0 saturated carbocycles. The third kappa shape index (κ3) is 2.48. The summed E-state index contributed by atoms with van der Waals surface area (Å²) >= 11 is -1.86. The topological polar surface area (TPSA) is 19.9 Å². The largest absolute Gasteiger partial charge is 0.233 e. The molecule has 0 heterocycles. The van der Waals surface area contributed by atoms with Crippen molar-refractivity contribution in [3.8, 4) is 0 Å². The van der Waals surface area contributed by atoms with Gasteiger partial charge in [-0.1, -0.05) is 0 Å². The molecule has 1 nitrogen and oxygen atoms in total. The van der Waals surface area contributed by atoms with Gasteiger partial charge in [0.1, 0.15) is 6.61 Å². The van der Waals surface area contributed by atoms with E-state index in [1.165, 1.54) is 0 Å². The van der Waals surface area contributed by atoms with Crippen LogP contribution in [0.3, 0.4) is 0 Å². The van der Waals surface area contributed by atoms with Crippen LogP contribution in [0.5, 0.6) is 0 Å². The molecule has 1 radical (unpaired) electrons. The molecule has 0 aromatic carbocycles. The van der Waals surface area contributed by atoms with Crippen LogP contribution in [0.4, 0.5) is 11.7 Å². The summed E-state index contributed by atoms with van der Waals surface area (Å²) in [6.45, 7) is -1.14. The van der Waals surface area contributed by atoms with Gasteiger partial charge in [-0.3, -0.25) is 0 Å². The Bertz CT molecular complexity index is 59.9.